The van der Waals surface area contributed by atoms with E-state index in [1.54, 1.807) is 37.8 Å². The summed E-state index contributed by atoms with van der Waals surface area (Å²) in [6, 6.07) is 31.2. The summed E-state index contributed by atoms with van der Waals surface area (Å²) in [7, 11) is 1.64. The van der Waals surface area contributed by atoms with E-state index in [4.69, 9.17) is 20.2 Å². The van der Waals surface area contributed by atoms with Crippen LogP contribution in [0, 0.1) is 43.4 Å². The number of pyridine rings is 2. The molecule has 0 amide bonds. The Kier molecular flexibility index (Phi) is 14.2. The summed E-state index contributed by atoms with van der Waals surface area (Å²) in [6.07, 6.45) is 9.63. The first-order chi connectivity index (χ1) is 27.7. The van der Waals surface area contributed by atoms with Gasteiger partial charge in [-0.25, -0.2) is 0 Å². The Morgan fingerprint density at radius 3 is 1.98 bits per heavy atom. The van der Waals surface area contributed by atoms with E-state index in [0.29, 0.717) is 17.6 Å². The van der Waals surface area contributed by atoms with Gasteiger partial charge in [0, 0.05) is 80.3 Å². The number of nitriles is 2. The Morgan fingerprint density at radius 2 is 1.39 bits per heavy atom. The van der Waals surface area contributed by atoms with Gasteiger partial charge >= 0.3 is 0 Å². The molecule has 11 heteroatoms. The van der Waals surface area contributed by atoms with Crippen LogP contribution in [0.15, 0.2) is 110 Å². The first-order valence-electron chi connectivity index (χ1n) is 18.0. The molecule has 0 aliphatic carbocycles. The van der Waals surface area contributed by atoms with Crippen molar-refractivity contribution in [2.45, 2.75) is 40.4 Å². The van der Waals surface area contributed by atoms with Crippen molar-refractivity contribution in [2.75, 3.05) is 7.11 Å². The van der Waals surface area contributed by atoms with Gasteiger partial charge < -0.3 is 29.9 Å². The van der Waals surface area contributed by atoms with Gasteiger partial charge in [0.15, 0.2) is 6.29 Å². The van der Waals surface area contributed by atoms with Crippen LogP contribution in [-0.4, -0.2) is 48.5 Å². The Labute approximate surface area is 330 Å². The maximum atomic E-state index is 9.97. The lowest BCUT2D eigenvalue weighted by Crippen LogP contribution is -1.86. The fraction of sp³-hybridized carbons (Fsp3) is 0.152. The van der Waals surface area contributed by atoms with Crippen LogP contribution in [0.25, 0.3) is 44.4 Å². The van der Waals surface area contributed by atoms with Crippen LogP contribution in [0.4, 0.5) is 0 Å². The lowest BCUT2D eigenvalue weighted by Gasteiger charge is -2.02. The summed E-state index contributed by atoms with van der Waals surface area (Å²) in [6.45, 7) is 6.10. The van der Waals surface area contributed by atoms with Crippen molar-refractivity contribution >= 4 is 50.6 Å². The number of aliphatic hydroxyl groups is 2. The van der Waals surface area contributed by atoms with Crippen molar-refractivity contribution in [1.29, 1.82) is 10.5 Å². The number of benzene rings is 3. The molecule has 5 heterocycles. The number of hydrogen-bond donors (Lipinski definition) is 5. The fourth-order valence-corrected chi connectivity index (χ4v) is 6.27. The standard InChI is InChI=1S/C18H15N3O.C12H12N2O.C10H11NO.C6H5NO/c1-12-18(14(10-19)8-13-4-3-7-20-11-13)16-9-15(22-2)5-6-17(16)21-12;1-8-10(4-5-13)11-6-9(7-15)2-3-12(11)14-8;1-7-4-9-5-8(6-12)2-3-10(9)11-7;8-5-6-2-1-3-7-4-6/h3-9,11,21H,1-2H3;2-3,6,14-15H,4,7H2,1H3;2-5,11-12H,6H2,1H3;1-5H/b14-8+;;;. The Hall–Kier alpha value is -7.31. The number of carbonyl (C=O) groups is 1. The van der Waals surface area contributed by atoms with E-state index in [2.05, 4.69) is 43.1 Å². The zero-order valence-electron chi connectivity index (χ0n) is 32.2. The number of nitrogens with zero attached hydrogens (tertiary/aromatic N) is 4. The lowest BCUT2D eigenvalue weighted by molar-refractivity contribution is 0.112. The molecule has 0 saturated carbocycles. The van der Waals surface area contributed by atoms with E-state index in [1.165, 1.54) is 11.6 Å². The molecule has 0 radical (unpaired) electrons. The van der Waals surface area contributed by atoms with Crippen LogP contribution in [0.1, 0.15) is 55.3 Å². The highest BCUT2D eigenvalue weighted by atomic mass is 16.5. The number of H-pyrrole nitrogens is 3. The van der Waals surface area contributed by atoms with Crippen LogP contribution in [-0.2, 0) is 19.6 Å². The predicted molar refractivity (Wildman–Crippen MR) is 224 cm³/mol. The van der Waals surface area contributed by atoms with Gasteiger partial charge in [0.2, 0.25) is 0 Å². The smallest absolute Gasteiger partial charge is 0.151 e. The minimum Gasteiger partial charge on any atom is -0.497 e. The molecule has 286 valence electrons. The van der Waals surface area contributed by atoms with Crippen molar-refractivity contribution in [1.82, 2.24) is 24.9 Å². The number of nitrogens with one attached hydrogen (secondary N) is 3. The largest absolute Gasteiger partial charge is 0.497 e. The van der Waals surface area contributed by atoms with E-state index in [0.717, 1.165) is 84.3 Å². The average molecular weight is 758 g/mol. The molecule has 0 bridgehead atoms. The second kappa shape index (κ2) is 19.9. The molecule has 3 aromatic carbocycles. The van der Waals surface area contributed by atoms with Crippen molar-refractivity contribution in [3.63, 3.8) is 0 Å². The quantitative estimate of drug-likeness (QED) is 0.0788. The number of aldehydes is 1. The van der Waals surface area contributed by atoms with Gasteiger partial charge in [0.25, 0.3) is 0 Å². The van der Waals surface area contributed by atoms with Crippen LogP contribution in [0.3, 0.4) is 0 Å². The topological polar surface area (TPSA) is 187 Å². The molecular formula is C46H43N7O4. The summed E-state index contributed by atoms with van der Waals surface area (Å²) < 4.78 is 5.29. The Bertz CT molecular complexity index is 2700. The number of methoxy groups -OCH3 is 1. The third kappa shape index (κ3) is 10.5. The number of aromatic amines is 3. The van der Waals surface area contributed by atoms with Gasteiger partial charge in [0.05, 0.1) is 44.5 Å². The first-order valence-corrected chi connectivity index (χ1v) is 18.0. The van der Waals surface area contributed by atoms with Crippen LogP contribution >= 0.6 is 0 Å². The molecule has 11 nitrogen and oxygen atoms in total. The van der Waals surface area contributed by atoms with E-state index in [1.807, 2.05) is 93.6 Å². The van der Waals surface area contributed by atoms with Crippen LogP contribution in [0.5, 0.6) is 5.75 Å². The molecule has 5 aromatic heterocycles. The number of fused-ring (bicyclic) bond motifs is 3. The second-order valence-corrected chi connectivity index (χ2v) is 13.0. The highest BCUT2D eigenvalue weighted by Gasteiger charge is 2.14. The first kappa shape index (κ1) is 40.9. The molecule has 0 saturated heterocycles. The lowest BCUT2D eigenvalue weighted by atomic mass is 10.0. The molecule has 5 N–H and O–H groups in total. The average Bonchev–Trinajstić information content (AvgIpc) is 3.90. The number of allylic oxidation sites excluding steroid dienone is 1. The maximum absolute atomic E-state index is 9.97. The number of ether oxygens (including phenoxy) is 1. The van der Waals surface area contributed by atoms with Gasteiger partial charge in [-0.3, -0.25) is 14.8 Å². The third-order valence-electron chi connectivity index (χ3n) is 9.02. The molecule has 0 spiro atoms. The summed E-state index contributed by atoms with van der Waals surface area (Å²) in [5, 5.41) is 39.5. The van der Waals surface area contributed by atoms with E-state index < -0.39 is 0 Å². The number of carbonyl (C=O) groups excluding carboxylic acids is 1. The second-order valence-electron chi connectivity index (χ2n) is 13.0. The van der Waals surface area contributed by atoms with E-state index in [-0.39, 0.29) is 13.2 Å². The third-order valence-corrected chi connectivity index (χ3v) is 9.02. The number of aryl methyl sites for hydroxylation is 3. The molecule has 0 fully saturated rings. The van der Waals surface area contributed by atoms with Crippen molar-refractivity contribution in [2.24, 2.45) is 0 Å². The van der Waals surface area contributed by atoms with Crippen molar-refractivity contribution < 1.29 is 19.7 Å². The fourth-order valence-electron chi connectivity index (χ4n) is 6.27. The Balaban J connectivity index is 0.000000154. The molecule has 0 aliphatic rings. The summed E-state index contributed by atoms with van der Waals surface area (Å²) in [4.78, 5) is 27.5. The van der Waals surface area contributed by atoms with Gasteiger partial charge in [-0.2, -0.15) is 10.5 Å². The van der Waals surface area contributed by atoms with E-state index >= 15 is 0 Å². The number of aromatic nitrogens is 5. The normalized spacial score (nSPS) is 10.6. The minimum atomic E-state index is 0.0339. The molecule has 0 aliphatic heterocycles. The molecular weight excluding hydrogens is 715 g/mol. The van der Waals surface area contributed by atoms with Crippen molar-refractivity contribution in [3.05, 3.63) is 160 Å². The maximum Gasteiger partial charge on any atom is 0.151 e. The zero-order valence-corrected chi connectivity index (χ0v) is 32.2. The van der Waals surface area contributed by atoms with Crippen LogP contribution < -0.4 is 4.74 Å². The Morgan fingerprint density at radius 1 is 0.754 bits per heavy atom. The molecule has 0 atom stereocenters. The van der Waals surface area contributed by atoms with Crippen LogP contribution in [0.2, 0.25) is 0 Å². The molecule has 57 heavy (non-hydrogen) atoms. The van der Waals surface area contributed by atoms with Gasteiger partial charge in [0.1, 0.15) is 5.75 Å². The number of rotatable bonds is 7. The molecule has 8 rings (SSSR count). The molecule has 0 unspecified atom stereocenters. The SMILES string of the molecule is COc1ccc2[nH]c(C)c(/C(C#N)=C/c3cccnc3)c2c1.Cc1[nH]c2ccc(CO)cc2c1CC#N.Cc1cc2cc(CO)ccc2[nH]1.O=Cc1cccnc1. The summed E-state index contributed by atoms with van der Waals surface area (Å²) in [5.41, 5.74) is 12.2. The summed E-state index contributed by atoms with van der Waals surface area (Å²) in [5.74, 6) is 0.770. The molecule has 8 aromatic rings. The number of hydrogen-bond acceptors (Lipinski definition) is 8. The van der Waals surface area contributed by atoms with Gasteiger partial charge in [-0.1, -0.05) is 18.2 Å². The highest BCUT2D eigenvalue weighted by Crippen LogP contribution is 2.32. The number of aliphatic hydroxyl groups excluding tert-OH is 2. The predicted octanol–water partition coefficient (Wildman–Crippen LogP) is 8.84. The van der Waals surface area contributed by atoms with Crippen molar-refractivity contribution in [3.8, 4) is 17.9 Å². The minimum absolute atomic E-state index is 0.0339. The van der Waals surface area contributed by atoms with Gasteiger partial charge in [-0.05, 0) is 121 Å². The summed E-state index contributed by atoms with van der Waals surface area (Å²) >= 11 is 0. The monoisotopic (exact) mass is 757 g/mol. The van der Waals surface area contributed by atoms with Gasteiger partial charge in [-0.15, -0.1) is 0 Å². The van der Waals surface area contributed by atoms with E-state index in [9.17, 15) is 10.1 Å². The zero-order chi connectivity index (χ0) is 40.7. The highest BCUT2D eigenvalue weighted by molar-refractivity contribution is 6.03.